The van der Waals surface area contributed by atoms with E-state index in [1.807, 2.05) is 0 Å². The van der Waals surface area contributed by atoms with Crippen molar-refractivity contribution < 1.29 is 19.1 Å². The van der Waals surface area contributed by atoms with E-state index < -0.39 is 0 Å². The molecule has 0 radical (unpaired) electrons. The number of hydrogen-bond acceptors (Lipinski definition) is 4. The van der Waals surface area contributed by atoms with Crippen LogP contribution in [0.3, 0.4) is 0 Å². The lowest BCUT2D eigenvalue weighted by Gasteiger charge is -2.36. The van der Waals surface area contributed by atoms with Gasteiger partial charge in [0.2, 0.25) is 0 Å². The van der Waals surface area contributed by atoms with E-state index in [4.69, 9.17) is 9.47 Å². The third kappa shape index (κ3) is 9.47. The highest BCUT2D eigenvalue weighted by Gasteiger charge is 2.31. The summed E-state index contributed by atoms with van der Waals surface area (Å²) in [5.74, 6) is 0.199. The lowest BCUT2D eigenvalue weighted by Crippen LogP contribution is -2.29. The van der Waals surface area contributed by atoms with Crippen LogP contribution in [0.15, 0.2) is 24.3 Å². The van der Waals surface area contributed by atoms with Crippen LogP contribution in [0.5, 0.6) is 0 Å². The summed E-state index contributed by atoms with van der Waals surface area (Å²) >= 11 is 0. The van der Waals surface area contributed by atoms with Gasteiger partial charge in [0.25, 0.3) is 0 Å². The SMILES string of the molecule is C=C(C)C(=O)OCCC(CCOC(=O)C(=C)C)C(C)(C)CC(C)CC. The van der Waals surface area contributed by atoms with E-state index in [9.17, 15) is 9.59 Å². The molecular weight excluding hydrogens is 316 g/mol. The molecule has 1 unspecified atom stereocenters. The van der Waals surface area contributed by atoms with Gasteiger partial charge in [-0.15, -0.1) is 0 Å². The van der Waals surface area contributed by atoms with Crippen molar-refractivity contribution in [3.05, 3.63) is 24.3 Å². The summed E-state index contributed by atoms with van der Waals surface area (Å²) in [6, 6.07) is 0. The van der Waals surface area contributed by atoms with Crippen molar-refractivity contribution in [2.24, 2.45) is 17.3 Å². The number of hydrogen-bond donors (Lipinski definition) is 0. The van der Waals surface area contributed by atoms with Crippen LogP contribution in [0.25, 0.3) is 0 Å². The Labute approximate surface area is 153 Å². The predicted octanol–water partition coefficient (Wildman–Crippen LogP) is 5.08. The van der Waals surface area contributed by atoms with Gasteiger partial charge in [-0.05, 0) is 50.4 Å². The normalized spacial score (nSPS) is 12.6. The van der Waals surface area contributed by atoms with Crippen molar-refractivity contribution >= 4 is 11.9 Å². The second kappa shape index (κ2) is 11.1. The fourth-order valence-corrected chi connectivity index (χ4v) is 2.97. The molecule has 0 spiro atoms. The lowest BCUT2D eigenvalue weighted by molar-refractivity contribution is -0.140. The van der Waals surface area contributed by atoms with Crippen molar-refractivity contribution in [2.75, 3.05) is 13.2 Å². The zero-order valence-corrected chi connectivity index (χ0v) is 16.9. The Morgan fingerprint density at radius 3 is 1.68 bits per heavy atom. The molecule has 0 heterocycles. The molecule has 25 heavy (non-hydrogen) atoms. The second-order valence-corrected chi connectivity index (χ2v) is 7.81. The van der Waals surface area contributed by atoms with Crippen LogP contribution in [0.4, 0.5) is 0 Å². The van der Waals surface area contributed by atoms with Crippen molar-refractivity contribution in [2.45, 2.75) is 67.2 Å². The first-order valence-corrected chi connectivity index (χ1v) is 9.16. The van der Waals surface area contributed by atoms with Crippen LogP contribution in [0, 0.1) is 17.3 Å². The van der Waals surface area contributed by atoms with Gasteiger partial charge in [0, 0.05) is 11.1 Å². The van der Waals surface area contributed by atoms with Crippen LogP contribution >= 0.6 is 0 Å². The third-order valence-electron chi connectivity index (χ3n) is 4.77. The smallest absolute Gasteiger partial charge is 0.333 e. The number of ether oxygens (including phenoxy) is 2. The van der Waals surface area contributed by atoms with Gasteiger partial charge in [-0.25, -0.2) is 9.59 Å². The maximum Gasteiger partial charge on any atom is 0.333 e. The zero-order valence-electron chi connectivity index (χ0n) is 16.9. The first-order chi connectivity index (χ1) is 11.5. The zero-order chi connectivity index (χ0) is 19.6. The molecule has 0 bridgehead atoms. The first kappa shape index (κ1) is 23.4. The molecule has 4 nitrogen and oxygen atoms in total. The van der Waals surface area contributed by atoms with Gasteiger partial charge < -0.3 is 9.47 Å². The number of esters is 2. The molecule has 0 amide bonds. The van der Waals surface area contributed by atoms with Gasteiger partial charge in [0.1, 0.15) is 0 Å². The number of carbonyl (C=O) groups is 2. The van der Waals surface area contributed by atoms with Crippen molar-refractivity contribution in [3.8, 4) is 0 Å². The van der Waals surface area contributed by atoms with E-state index in [1.165, 1.54) is 0 Å². The summed E-state index contributed by atoms with van der Waals surface area (Å²) in [6.07, 6.45) is 3.70. The van der Waals surface area contributed by atoms with E-state index in [1.54, 1.807) is 13.8 Å². The van der Waals surface area contributed by atoms with Crippen LogP contribution in [-0.2, 0) is 19.1 Å². The highest BCUT2D eigenvalue weighted by Crippen LogP contribution is 2.38. The Balaban J connectivity index is 4.79. The maximum atomic E-state index is 11.6. The van der Waals surface area contributed by atoms with Gasteiger partial charge in [-0.2, -0.15) is 0 Å². The standard InChI is InChI=1S/C21H36O4/c1-9-17(6)14-21(7,8)18(10-12-24-19(22)15(2)3)11-13-25-20(23)16(4)5/h17-18H,2,4,9-14H2,1,3,5-8H3. The topological polar surface area (TPSA) is 52.6 Å². The van der Waals surface area contributed by atoms with Gasteiger partial charge >= 0.3 is 11.9 Å². The molecule has 0 aromatic rings. The van der Waals surface area contributed by atoms with Crippen LogP contribution < -0.4 is 0 Å². The first-order valence-electron chi connectivity index (χ1n) is 9.16. The van der Waals surface area contributed by atoms with Crippen LogP contribution in [-0.4, -0.2) is 25.2 Å². The quantitative estimate of drug-likeness (QED) is 0.363. The summed E-state index contributed by atoms with van der Waals surface area (Å²) in [6.45, 7) is 20.1. The average Bonchev–Trinajstić information content (AvgIpc) is 2.51. The largest absolute Gasteiger partial charge is 0.462 e. The van der Waals surface area contributed by atoms with Gasteiger partial charge in [-0.3, -0.25) is 0 Å². The maximum absolute atomic E-state index is 11.6. The monoisotopic (exact) mass is 352 g/mol. The Morgan fingerprint density at radius 1 is 0.960 bits per heavy atom. The third-order valence-corrected chi connectivity index (χ3v) is 4.77. The van der Waals surface area contributed by atoms with E-state index in [0.29, 0.717) is 30.3 Å². The van der Waals surface area contributed by atoms with Crippen molar-refractivity contribution in [1.29, 1.82) is 0 Å². The molecular formula is C21H36O4. The van der Waals surface area contributed by atoms with Gasteiger partial charge in [0.05, 0.1) is 13.2 Å². The summed E-state index contributed by atoms with van der Waals surface area (Å²) < 4.78 is 10.5. The molecule has 0 saturated heterocycles. The molecule has 0 aromatic carbocycles. The van der Waals surface area contributed by atoms with E-state index in [0.717, 1.165) is 25.7 Å². The highest BCUT2D eigenvalue weighted by molar-refractivity contribution is 5.87. The molecule has 0 N–H and O–H groups in total. The number of rotatable bonds is 12. The Hall–Kier alpha value is -1.58. The molecule has 1 atom stereocenters. The second-order valence-electron chi connectivity index (χ2n) is 7.81. The minimum Gasteiger partial charge on any atom is -0.462 e. The molecule has 0 aliphatic carbocycles. The van der Waals surface area contributed by atoms with E-state index >= 15 is 0 Å². The summed E-state index contributed by atoms with van der Waals surface area (Å²) in [5.41, 5.74) is 0.886. The van der Waals surface area contributed by atoms with Crippen molar-refractivity contribution in [3.63, 3.8) is 0 Å². The molecule has 0 saturated carbocycles. The molecule has 0 aliphatic rings. The number of carbonyl (C=O) groups excluding carboxylic acids is 2. The molecule has 0 fully saturated rings. The lowest BCUT2D eigenvalue weighted by atomic mass is 9.70. The molecule has 0 aliphatic heterocycles. The van der Waals surface area contributed by atoms with Gasteiger partial charge in [0.15, 0.2) is 0 Å². The minimum absolute atomic E-state index is 0.0701. The Bertz CT molecular complexity index is 444. The molecule has 4 heteroatoms. The van der Waals surface area contributed by atoms with E-state index in [-0.39, 0.29) is 23.3 Å². The molecule has 144 valence electrons. The van der Waals surface area contributed by atoms with Crippen LogP contribution in [0.1, 0.15) is 67.2 Å². The Kier molecular flexibility index (Phi) is 10.4. The molecule has 0 aromatic heterocycles. The van der Waals surface area contributed by atoms with Gasteiger partial charge in [-0.1, -0.05) is 47.3 Å². The van der Waals surface area contributed by atoms with Crippen molar-refractivity contribution in [1.82, 2.24) is 0 Å². The van der Waals surface area contributed by atoms with Crippen LogP contribution in [0.2, 0.25) is 0 Å². The van der Waals surface area contributed by atoms with E-state index in [2.05, 4.69) is 40.9 Å². The summed E-state index contributed by atoms with van der Waals surface area (Å²) in [4.78, 5) is 23.2. The minimum atomic E-state index is -0.354. The Morgan fingerprint density at radius 2 is 1.36 bits per heavy atom. The highest BCUT2D eigenvalue weighted by atomic mass is 16.5. The fourth-order valence-electron chi connectivity index (χ4n) is 2.97. The summed E-state index contributed by atoms with van der Waals surface area (Å²) in [7, 11) is 0. The average molecular weight is 353 g/mol. The fraction of sp³-hybridized carbons (Fsp3) is 0.714. The summed E-state index contributed by atoms with van der Waals surface area (Å²) in [5, 5.41) is 0. The predicted molar refractivity (Wildman–Crippen MR) is 102 cm³/mol. The molecule has 0 rings (SSSR count).